The Balaban J connectivity index is 2.85. The van der Waals surface area contributed by atoms with Crippen LogP contribution in [-0.2, 0) is 4.79 Å². The minimum atomic E-state index is -0.841. The molecule has 0 aliphatic heterocycles. The zero-order valence-corrected chi connectivity index (χ0v) is 10.1. The van der Waals surface area contributed by atoms with Crippen molar-refractivity contribution in [1.82, 2.24) is 0 Å². The highest BCUT2D eigenvalue weighted by atomic mass is 16.5. The highest BCUT2D eigenvalue weighted by Gasteiger charge is 2.12. The molecule has 0 aromatic heterocycles. The van der Waals surface area contributed by atoms with Gasteiger partial charge in [-0.05, 0) is 31.5 Å². The van der Waals surface area contributed by atoms with E-state index in [0.717, 1.165) is 11.3 Å². The highest BCUT2D eigenvalue weighted by Crippen LogP contribution is 2.22. The normalized spacial score (nSPS) is 11.2. The van der Waals surface area contributed by atoms with Crippen molar-refractivity contribution in [3.63, 3.8) is 0 Å². The number of carbonyl (C=O) groups is 1. The number of aliphatic carboxylic acids is 1. The fourth-order valence-corrected chi connectivity index (χ4v) is 1.56. The first-order valence-electron chi connectivity index (χ1n) is 5.54. The second-order valence-corrected chi connectivity index (χ2v) is 3.55. The summed E-state index contributed by atoms with van der Waals surface area (Å²) < 4.78 is 5.33. The molecular weight excluding hydrogens is 216 g/mol. The molecule has 3 nitrogen and oxygen atoms in total. The lowest BCUT2D eigenvalue weighted by Gasteiger charge is -2.09. The maximum Gasteiger partial charge on any atom is 0.304 e. The van der Waals surface area contributed by atoms with Gasteiger partial charge in [-0.25, -0.2) is 0 Å². The monoisotopic (exact) mass is 232 g/mol. The molecule has 0 saturated carbocycles. The maximum atomic E-state index is 10.7. The topological polar surface area (TPSA) is 46.5 Å². The van der Waals surface area contributed by atoms with E-state index in [-0.39, 0.29) is 12.3 Å². The molecule has 1 atom stereocenters. The molecule has 0 amide bonds. The van der Waals surface area contributed by atoms with Crippen molar-refractivity contribution in [3.05, 3.63) is 29.8 Å². The summed E-state index contributed by atoms with van der Waals surface area (Å²) in [6, 6.07) is 7.40. The Morgan fingerprint density at radius 1 is 1.41 bits per heavy atom. The first kappa shape index (κ1) is 13.1. The lowest BCUT2D eigenvalue weighted by Crippen LogP contribution is -2.04. The van der Waals surface area contributed by atoms with Gasteiger partial charge in [0.2, 0.25) is 0 Å². The summed E-state index contributed by atoms with van der Waals surface area (Å²) in [6.07, 6.45) is 0.0226. The fourth-order valence-electron chi connectivity index (χ4n) is 1.56. The minimum Gasteiger partial charge on any atom is -0.494 e. The predicted molar refractivity (Wildman–Crippen MR) is 66.1 cm³/mol. The van der Waals surface area contributed by atoms with Crippen LogP contribution < -0.4 is 4.74 Å². The number of benzene rings is 1. The largest absolute Gasteiger partial charge is 0.494 e. The Bertz CT molecular complexity index is 423. The second-order valence-electron chi connectivity index (χ2n) is 3.55. The Morgan fingerprint density at radius 2 is 2.06 bits per heavy atom. The van der Waals surface area contributed by atoms with E-state index in [4.69, 9.17) is 9.84 Å². The number of rotatable bonds is 5. The van der Waals surface area contributed by atoms with Crippen molar-refractivity contribution in [1.29, 1.82) is 0 Å². The van der Waals surface area contributed by atoms with E-state index in [1.807, 2.05) is 31.2 Å². The van der Waals surface area contributed by atoms with E-state index in [1.165, 1.54) is 0 Å². The quantitative estimate of drug-likeness (QED) is 0.794. The van der Waals surface area contributed by atoms with Crippen LogP contribution in [0, 0.1) is 11.8 Å². The molecule has 3 heteroatoms. The van der Waals surface area contributed by atoms with Crippen molar-refractivity contribution in [2.24, 2.45) is 0 Å². The molecule has 1 N–H and O–H groups in total. The molecule has 0 spiro atoms. The van der Waals surface area contributed by atoms with Crippen LogP contribution in [-0.4, -0.2) is 17.7 Å². The predicted octanol–water partition coefficient (Wildman–Crippen LogP) is 2.67. The van der Waals surface area contributed by atoms with Gasteiger partial charge in [0.05, 0.1) is 18.9 Å². The van der Waals surface area contributed by atoms with Crippen LogP contribution in [0.2, 0.25) is 0 Å². The molecule has 0 saturated heterocycles. The molecule has 0 heterocycles. The summed E-state index contributed by atoms with van der Waals surface area (Å²) in [6.45, 7) is 4.25. The third-order valence-corrected chi connectivity index (χ3v) is 2.29. The van der Waals surface area contributed by atoms with Crippen molar-refractivity contribution < 1.29 is 14.6 Å². The molecule has 17 heavy (non-hydrogen) atoms. The zero-order chi connectivity index (χ0) is 12.7. The van der Waals surface area contributed by atoms with Gasteiger partial charge in [-0.1, -0.05) is 18.1 Å². The number of hydrogen-bond donors (Lipinski definition) is 1. The van der Waals surface area contributed by atoms with Crippen LogP contribution in [0.4, 0.5) is 0 Å². The van der Waals surface area contributed by atoms with Gasteiger partial charge in [-0.15, -0.1) is 5.92 Å². The van der Waals surface area contributed by atoms with Gasteiger partial charge in [0.15, 0.2) is 0 Å². The van der Waals surface area contributed by atoms with E-state index in [1.54, 1.807) is 6.92 Å². The minimum absolute atomic E-state index is 0.0226. The Kier molecular flexibility index (Phi) is 5.09. The third-order valence-electron chi connectivity index (χ3n) is 2.29. The standard InChI is InChI=1S/C14H16O3/c1-3-5-12(10-14(15)16)11-6-8-13(9-7-11)17-4-2/h6-9,12H,4,10H2,1-2H3,(H,15,16). The average molecular weight is 232 g/mol. The molecule has 0 bridgehead atoms. The summed E-state index contributed by atoms with van der Waals surface area (Å²) in [5.41, 5.74) is 0.908. The van der Waals surface area contributed by atoms with Crippen LogP contribution in [0.3, 0.4) is 0 Å². The molecule has 0 radical (unpaired) electrons. The number of hydrogen-bond acceptors (Lipinski definition) is 2. The van der Waals surface area contributed by atoms with Crippen molar-refractivity contribution >= 4 is 5.97 Å². The van der Waals surface area contributed by atoms with Gasteiger partial charge in [0.25, 0.3) is 0 Å². The van der Waals surface area contributed by atoms with Crippen molar-refractivity contribution in [3.8, 4) is 17.6 Å². The van der Waals surface area contributed by atoms with E-state index in [0.29, 0.717) is 6.61 Å². The van der Waals surface area contributed by atoms with E-state index in [9.17, 15) is 4.79 Å². The molecular formula is C14H16O3. The first-order chi connectivity index (χ1) is 8.17. The highest BCUT2D eigenvalue weighted by molar-refractivity contribution is 5.69. The second kappa shape index (κ2) is 6.59. The summed E-state index contributed by atoms with van der Waals surface area (Å²) >= 11 is 0. The van der Waals surface area contributed by atoms with Gasteiger partial charge >= 0.3 is 5.97 Å². The van der Waals surface area contributed by atoms with Gasteiger partial charge in [-0.2, -0.15) is 0 Å². The van der Waals surface area contributed by atoms with Crippen molar-refractivity contribution in [2.45, 2.75) is 26.2 Å². The van der Waals surface area contributed by atoms with Crippen LogP contribution in [0.1, 0.15) is 31.7 Å². The Hall–Kier alpha value is -1.95. The lowest BCUT2D eigenvalue weighted by atomic mass is 9.96. The molecule has 0 aliphatic carbocycles. The summed E-state index contributed by atoms with van der Waals surface area (Å²) in [5.74, 6) is 5.37. The summed E-state index contributed by atoms with van der Waals surface area (Å²) in [4.78, 5) is 10.7. The van der Waals surface area contributed by atoms with Crippen LogP contribution in [0.15, 0.2) is 24.3 Å². The molecule has 1 aromatic carbocycles. The SMILES string of the molecule is CC#CC(CC(=O)O)c1ccc(OCC)cc1. The maximum absolute atomic E-state index is 10.7. The van der Waals surface area contributed by atoms with E-state index in [2.05, 4.69) is 11.8 Å². The molecule has 0 fully saturated rings. The van der Waals surface area contributed by atoms with Crippen LogP contribution >= 0.6 is 0 Å². The molecule has 1 unspecified atom stereocenters. The molecule has 0 aliphatic rings. The van der Waals surface area contributed by atoms with Gasteiger partial charge in [0, 0.05) is 0 Å². The number of carboxylic acids is 1. The smallest absolute Gasteiger partial charge is 0.304 e. The van der Waals surface area contributed by atoms with Gasteiger partial charge < -0.3 is 9.84 Å². The summed E-state index contributed by atoms with van der Waals surface area (Å²) in [7, 11) is 0. The van der Waals surface area contributed by atoms with Crippen molar-refractivity contribution in [2.75, 3.05) is 6.61 Å². The third kappa shape index (κ3) is 4.20. The fraction of sp³-hybridized carbons (Fsp3) is 0.357. The van der Waals surface area contributed by atoms with E-state index < -0.39 is 5.97 Å². The molecule has 90 valence electrons. The average Bonchev–Trinajstić information content (AvgIpc) is 2.29. The Labute approximate surface area is 101 Å². The Morgan fingerprint density at radius 3 is 2.53 bits per heavy atom. The first-order valence-corrected chi connectivity index (χ1v) is 5.54. The van der Waals surface area contributed by atoms with Crippen LogP contribution in [0.25, 0.3) is 0 Å². The molecule has 1 aromatic rings. The summed E-state index contributed by atoms with van der Waals surface area (Å²) in [5, 5.41) is 8.82. The molecule has 1 rings (SSSR count). The number of ether oxygens (including phenoxy) is 1. The van der Waals surface area contributed by atoms with Gasteiger partial charge in [0.1, 0.15) is 5.75 Å². The number of carboxylic acid groups (broad SMARTS) is 1. The lowest BCUT2D eigenvalue weighted by molar-refractivity contribution is -0.137. The van der Waals surface area contributed by atoms with Gasteiger partial charge in [-0.3, -0.25) is 4.79 Å². The van der Waals surface area contributed by atoms with Crippen LogP contribution in [0.5, 0.6) is 5.75 Å². The zero-order valence-electron chi connectivity index (χ0n) is 10.1. The van der Waals surface area contributed by atoms with E-state index >= 15 is 0 Å².